The summed E-state index contributed by atoms with van der Waals surface area (Å²) in [6.07, 6.45) is -1.13. The summed E-state index contributed by atoms with van der Waals surface area (Å²) in [6.45, 7) is 2.29. The molecule has 0 saturated carbocycles. The first-order valence-corrected chi connectivity index (χ1v) is 5.74. The second-order valence-electron chi connectivity index (χ2n) is 3.54. The summed E-state index contributed by atoms with van der Waals surface area (Å²) in [5.74, 6) is -0.443. The van der Waals surface area contributed by atoms with Crippen molar-refractivity contribution in [1.82, 2.24) is 5.32 Å². The number of aliphatic hydroxyl groups excluding tert-OH is 1. The highest BCUT2D eigenvalue weighted by Crippen LogP contribution is 2.15. The van der Waals surface area contributed by atoms with E-state index in [2.05, 4.69) is 21.2 Å². The molecule has 88 valence electrons. The van der Waals surface area contributed by atoms with Crippen LogP contribution >= 0.6 is 15.9 Å². The largest absolute Gasteiger partial charge is 0.382 e. The van der Waals surface area contributed by atoms with Gasteiger partial charge in [0.1, 0.15) is 6.10 Å². The van der Waals surface area contributed by atoms with Crippen LogP contribution in [0.25, 0.3) is 0 Å². The van der Waals surface area contributed by atoms with Gasteiger partial charge in [-0.1, -0.05) is 22.0 Å². The summed E-state index contributed by atoms with van der Waals surface area (Å²) < 4.78 is 0.960. The second-order valence-corrected chi connectivity index (χ2v) is 4.46. The SMILES string of the molecule is Cc1ccc(Br)cc1CNC(=O)C(O)CN. The molecule has 1 aromatic carbocycles. The normalized spacial score (nSPS) is 12.2. The molecule has 0 aromatic heterocycles. The van der Waals surface area contributed by atoms with Crippen LogP contribution in [0.15, 0.2) is 22.7 Å². The molecule has 4 nitrogen and oxygen atoms in total. The van der Waals surface area contributed by atoms with Crippen LogP contribution in [0.1, 0.15) is 11.1 Å². The molecule has 0 heterocycles. The first-order chi connectivity index (χ1) is 7.54. The van der Waals surface area contributed by atoms with E-state index in [0.29, 0.717) is 6.54 Å². The van der Waals surface area contributed by atoms with Crippen LogP contribution in [-0.2, 0) is 11.3 Å². The molecule has 5 heteroatoms. The van der Waals surface area contributed by atoms with Crippen molar-refractivity contribution in [1.29, 1.82) is 0 Å². The maximum atomic E-state index is 11.3. The van der Waals surface area contributed by atoms with E-state index in [9.17, 15) is 9.90 Å². The number of amides is 1. The highest BCUT2D eigenvalue weighted by atomic mass is 79.9. The summed E-state index contributed by atoms with van der Waals surface area (Å²) in [6, 6.07) is 5.84. The van der Waals surface area contributed by atoms with Crippen LogP contribution in [0, 0.1) is 6.92 Å². The van der Waals surface area contributed by atoms with E-state index in [1.807, 2.05) is 25.1 Å². The summed E-state index contributed by atoms with van der Waals surface area (Å²) >= 11 is 3.36. The smallest absolute Gasteiger partial charge is 0.250 e. The Balaban J connectivity index is 2.61. The lowest BCUT2D eigenvalue weighted by Gasteiger charge is -2.11. The second kappa shape index (κ2) is 5.98. The maximum absolute atomic E-state index is 11.3. The fourth-order valence-electron chi connectivity index (χ4n) is 1.24. The van der Waals surface area contributed by atoms with Gasteiger partial charge in [0.15, 0.2) is 0 Å². The van der Waals surface area contributed by atoms with Crippen molar-refractivity contribution >= 4 is 21.8 Å². The summed E-state index contributed by atoms with van der Waals surface area (Å²) in [4.78, 5) is 11.3. The Morgan fingerprint density at radius 3 is 2.94 bits per heavy atom. The van der Waals surface area contributed by atoms with Gasteiger partial charge in [0.05, 0.1) is 0 Å². The summed E-state index contributed by atoms with van der Waals surface area (Å²) in [7, 11) is 0. The Bertz CT molecular complexity index is 382. The highest BCUT2D eigenvalue weighted by Gasteiger charge is 2.12. The van der Waals surface area contributed by atoms with Crippen molar-refractivity contribution in [3.63, 3.8) is 0 Å². The van der Waals surface area contributed by atoms with Gasteiger partial charge in [-0.15, -0.1) is 0 Å². The van der Waals surface area contributed by atoms with Crippen LogP contribution in [0.2, 0.25) is 0 Å². The van der Waals surface area contributed by atoms with E-state index in [0.717, 1.165) is 15.6 Å². The van der Waals surface area contributed by atoms with Gasteiger partial charge in [0, 0.05) is 17.6 Å². The molecule has 0 bridgehead atoms. The van der Waals surface area contributed by atoms with Gasteiger partial charge in [-0.3, -0.25) is 4.79 Å². The van der Waals surface area contributed by atoms with Crippen molar-refractivity contribution in [3.05, 3.63) is 33.8 Å². The lowest BCUT2D eigenvalue weighted by atomic mass is 10.1. The van der Waals surface area contributed by atoms with Gasteiger partial charge in [-0.25, -0.2) is 0 Å². The summed E-state index contributed by atoms with van der Waals surface area (Å²) in [5, 5.41) is 11.8. The molecule has 0 radical (unpaired) electrons. The molecule has 0 aliphatic rings. The van der Waals surface area contributed by atoms with E-state index in [4.69, 9.17) is 5.73 Å². The Morgan fingerprint density at radius 2 is 2.31 bits per heavy atom. The van der Waals surface area contributed by atoms with Crippen molar-refractivity contribution < 1.29 is 9.90 Å². The van der Waals surface area contributed by atoms with Crippen molar-refractivity contribution in [3.8, 4) is 0 Å². The van der Waals surface area contributed by atoms with Crippen molar-refractivity contribution in [2.45, 2.75) is 19.6 Å². The Labute approximate surface area is 103 Å². The number of nitrogens with two attached hydrogens (primary N) is 1. The average Bonchev–Trinajstić information content (AvgIpc) is 2.28. The molecule has 0 aliphatic carbocycles. The highest BCUT2D eigenvalue weighted by molar-refractivity contribution is 9.10. The lowest BCUT2D eigenvalue weighted by molar-refractivity contribution is -0.128. The molecule has 1 rings (SSSR count). The number of carbonyl (C=O) groups is 1. The third-order valence-electron chi connectivity index (χ3n) is 2.29. The van der Waals surface area contributed by atoms with Gasteiger partial charge in [-0.05, 0) is 30.2 Å². The van der Waals surface area contributed by atoms with E-state index in [1.54, 1.807) is 0 Å². The van der Waals surface area contributed by atoms with Gasteiger partial charge < -0.3 is 16.2 Å². The molecule has 0 fully saturated rings. The fourth-order valence-corrected chi connectivity index (χ4v) is 1.65. The Kier molecular flexibility index (Phi) is 4.92. The number of halogens is 1. The first-order valence-electron chi connectivity index (χ1n) is 4.95. The third kappa shape index (κ3) is 3.59. The standard InChI is InChI=1S/C11H15BrN2O2/c1-7-2-3-9(12)4-8(7)6-14-11(16)10(15)5-13/h2-4,10,15H,5-6,13H2,1H3,(H,14,16). The molecule has 1 aromatic rings. The number of hydrogen-bond donors (Lipinski definition) is 3. The molecular formula is C11H15BrN2O2. The minimum Gasteiger partial charge on any atom is -0.382 e. The van der Waals surface area contributed by atoms with Crippen molar-refractivity contribution in [2.24, 2.45) is 5.73 Å². The maximum Gasteiger partial charge on any atom is 0.250 e. The van der Waals surface area contributed by atoms with E-state index in [1.165, 1.54) is 0 Å². The zero-order valence-electron chi connectivity index (χ0n) is 9.03. The minimum atomic E-state index is -1.13. The van der Waals surface area contributed by atoms with Crippen LogP contribution in [0.5, 0.6) is 0 Å². The quantitative estimate of drug-likeness (QED) is 0.763. The van der Waals surface area contributed by atoms with Gasteiger partial charge >= 0.3 is 0 Å². The zero-order chi connectivity index (χ0) is 12.1. The monoisotopic (exact) mass is 286 g/mol. The van der Waals surface area contributed by atoms with E-state index >= 15 is 0 Å². The van der Waals surface area contributed by atoms with Crippen LogP contribution in [0.3, 0.4) is 0 Å². The lowest BCUT2D eigenvalue weighted by Crippen LogP contribution is -2.38. The molecule has 4 N–H and O–H groups in total. The predicted octanol–water partition coefficient (Wildman–Crippen LogP) is 0.693. The van der Waals surface area contributed by atoms with Crippen molar-refractivity contribution in [2.75, 3.05) is 6.54 Å². The fraction of sp³-hybridized carbons (Fsp3) is 0.364. The van der Waals surface area contributed by atoms with Crippen LogP contribution in [-0.4, -0.2) is 23.7 Å². The number of aryl methyl sites for hydroxylation is 1. The predicted molar refractivity (Wildman–Crippen MR) is 65.8 cm³/mol. The topological polar surface area (TPSA) is 75.3 Å². The molecular weight excluding hydrogens is 272 g/mol. The molecule has 0 aliphatic heterocycles. The minimum absolute atomic E-state index is 0.0662. The third-order valence-corrected chi connectivity index (χ3v) is 2.78. The number of benzene rings is 1. The number of carbonyl (C=O) groups excluding carboxylic acids is 1. The number of aliphatic hydroxyl groups is 1. The van der Waals surface area contributed by atoms with Gasteiger partial charge in [0.25, 0.3) is 0 Å². The summed E-state index contributed by atoms with van der Waals surface area (Å²) in [5.41, 5.74) is 7.27. The average molecular weight is 287 g/mol. The first kappa shape index (κ1) is 13.2. The Morgan fingerprint density at radius 1 is 1.62 bits per heavy atom. The van der Waals surface area contributed by atoms with E-state index in [-0.39, 0.29) is 6.54 Å². The van der Waals surface area contributed by atoms with Gasteiger partial charge in [-0.2, -0.15) is 0 Å². The number of hydrogen-bond acceptors (Lipinski definition) is 3. The van der Waals surface area contributed by atoms with Gasteiger partial charge in [0.2, 0.25) is 5.91 Å². The number of rotatable bonds is 4. The zero-order valence-corrected chi connectivity index (χ0v) is 10.6. The molecule has 0 saturated heterocycles. The molecule has 0 spiro atoms. The number of nitrogens with one attached hydrogen (secondary N) is 1. The van der Waals surface area contributed by atoms with Crippen LogP contribution < -0.4 is 11.1 Å². The molecule has 16 heavy (non-hydrogen) atoms. The Hall–Kier alpha value is -0.910. The van der Waals surface area contributed by atoms with E-state index < -0.39 is 12.0 Å². The van der Waals surface area contributed by atoms with Crippen LogP contribution in [0.4, 0.5) is 0 Å². The molecule has 1 atom stereocenters. The molecule has 1 unspecified atom stereocenters. The molecule has 1 amide bonds.